The van der Waals surface area contributed by atoms with Crippen LogP contribution in [0, 0.1) is 6.92 Å². The summed E-state index contributed by atoms with van der Waals surface area (Å²) in [6.07, 6.45) is 0. The van der Waals surface area contributed by atoms with Crippen LogP contribution in [0.2, 0.25) is 0 Å². The fourth-order valence-corrected chi connectivity index (χ4v) is 3.08. The Morgan fingerprint density at radius 3 is 2.61 bits per heavy atom. The highest BCUT2D eigenvalue weighted by atomic mass is 32.2. The van der Waals surface area contributed by atoms with Crippen LogP contribution in [-0.2, 0) is 25.4 Å². The molecule has 0 amide bonds. The Morgan fingerprint density at radius 2 is 2.06 bits per heavy atom. The monoisotopic (exact) mass is 294 g/mol. The molecular formula is C10H14O6S2. The first-order valence-corrected chi connectivity index (χ1v) is 7.67. The van der Waals surface area contributed by atoms with E-state index in [0.29, 0.717) is 11.3 Å². The molecule has 0 saturated carbocycles. The van der Waals surface area contributed by atoms with E-state index in [1.54, 1.807) is 19.1 Å². The van der Waals surface area contributed by atoms with Gasteiger partial charge in [0, 0.05) is 0 Å². The van der Waals surface area contributed by atoms with Crippen molar-refractivity contribution < 1.29 is 26.1 Å². The molecule has 0 spiro atoms. The molecule has 1 rings (SSSR count). The van der Waals surface area contributed by atoms with E-state index in [1.807, 2.05) is 0 Å². The lowest BCUT2D eigenvalue weighted by Crippen LogP contribution is -2.14. The van der Waals surface area contributed by atoms with Crippen LogP contribution in [0.3, 0.4) is 0 Å². The van der Waals surface area contributed by atoms with E-state index in [-0.39, 0.29) is 17.3 Å². The molecule has 0 aliphatic carbocycles. The zero-order chi connectivity index (χ0) is 13.8. The van der Waals surface area contributed by atoms with E-state index in [9.17, 15) is 12.6 Å². The first-order valence-electron chi connectivity index (χ1n) is 4.98. The van der Waals surface area contributed by atoms with Crippen LogP contribution >= 0.6 is 0 Å². The normalized spacial score (nSPS) is 13.3. The summed E-state index contributed by atoms with van der Waals surface area (Å²) in [7, 11) is -2.13. The molecule has 1 aromatic carbocycles. The zero-order valence-electron chi connectivity index (χ0n) is 9.95. The highest BCUT2D eigenvalue weighted by Crippen LogP contribution is 2.22. The van der Waals surface area contributed by atoms with Crippen molar-refractivity contribution in [3.63, 3.8) is 0 Å². The fraction of sp³-hybridized carbons (Fsp3) is 0.400. The molecule has 6 nitrogen and oxygen atoms in total. The molecule has 0 fully saturated rings. The molecule has 0 aromatic heterocycles. The third-order valence-electron chi connectivity index (χ3n) is 2.27. The fourth-order valence-electron chi connectivity index (χ4n) is 1.37. The van der Waals surface area contributed by atoms with Gasteiger partial charge in [0.2, 0.25) is 0 Å². The molecule has 1 unspecified atom stereocenters. The Hall–Kier alpha value is -0.960. The van der Waals surface area contributed by atoms with Crippen molar-refractivity contribution in [3.05, 3.63) is 23.8 Å². The van der Waals surface area contributed by atoms with Crippen molar-refractivity contribution in [1.82, 2.24) is 0 Å². The number of aryl methyl sites for hydroxylation is 1. The summed E-state index contributed by atoms with van der Waals surface area (Å²) < 4.78 is 51.9. The van der Waals surface area contributed by atoms with Crippen LogP contribution in [0.25, 0.3) is 0 Å². The van der Waals surface area contributed by atoms with Gasteiger partial charge in [0.1, 0.15) is 5.75 Å². The molecule has 0 bridgehead atoms. The number of benzene rings is 1. The number of sulfone groups is 1. The van der Waals surface area contributed by atoms with E-state index in [1.165, 1.54) is 13.2 Å². The molecule has 0 aliphatic heterocycles. The summed E-state index contributed by atoms with van der Waals surface area (Å²) in [4.78, 5) is 0.133. The second kappa shape index (κ2) is 6.28. The maximum Gasteiger partial charge on any atom is 0.301 e. The van der Waals surface area contributed by atoms with Crippen LogP contribution in [0.4, 0.5) is 0 Å². The van der Waals surface area contributed by atoms with Crippen LogP contribution in [0.1, 0.15) is 5.56 Å². The summed E-state index contributed by atoms with van der Waals surface area (Å²) >= 11 is -2.46. The third-order valence-corrected chi connectivity index (χ3v) is 4.45. The smallest absolute Gasteiger partial charge is 0.301 e. The maximum absolute atomic E-state index is 12.0. The first-order chi connectivity index (χ1) is 8.36. The Bertz CT molecular complexity index is 537. The second-order valence-electron chi connectivity index (χ2n) is 3.49. The van der Waals surface area contributed by atoms with E-state index in [4.69, 9.17) is 9.29 Å². The SMILES string of the molecule is COc1ccc(C)c(S(=O)(=O)CCOS(=O)O)c1. The molecular weight excluding hydrogens is 280 g/mol. The minimum atomic E-state index is -3.57. The van der Waals surface area contributed by atoms with Gasteiger partial charge < -0.3 is 4.74 Å². The van der Waals surface area contributed by atoms with Gasteiger partial charge in [0.15, 0.2) is 9.84 Å². The lowest BCUT2D eigenvalue weighted by molar-refractivity contribution is 0.326. The third kappa shape index (κ3) is 4.05. The average molecular weight is 294 g/mol. The van der Waals surface area contributed by atoms with Gasteiger partial charge in [-0.1, -0.05) is 6.07 Å². The quantitative estimate of drug-likeness (QED) is 0.785. The van der Waals surface area contributed by atoms with Crippen molar-refractivity contribution in [2.75, 3.05) is 19.5 Å². The number of rotatable bonds is 6. The van der Waals surface area contributed by atoms with Gasteiger partial charge in [-0.2, -0.15) is 4.21 Å². The van der Waals surface area contributed by atoms with Gasteiger partial charge in [-0.3, -0.25) is 8.74 Å². The Labute approximate surface area is 108 Å². The number of hydrogen-bond acceptors (Lipinski definition) is 5. The zero-order valence-corrected chi connectivity index (χ0v) is 11.6. The van der Waals surface area contributed by atoms with Crippen molar-refractivity contribution in [2.45, 2.75) is 11.8 Å². The number of ether oxygens (including phenoxy) is 1. The molecule has 1 aromatic rings. The molecule has 1 atom stereocenters. The minimum absolute atomic E-state index is 0.133. The van der Waals surface area contributed by atoms with E-state index >= 15 is 0 Å². The molecule has 102 valence electrons. The summed E-state index contributed by atoms with van der Waals surface area (Å²) in [5, 5.41) is 0. The van der Waals surface area contributed by atoms with Crippen LogP contribution < -0.4 is 4.74 Å². The number of hydrogen-bond donors (Lipinski definition) is 1. The van der Waals surface area contributed by atoms with Crippen molar-refractivity contribution in [1.29, 1.82) is 0 Å². The van der Waals surface area contributed by atoms with Gasteiger partial charge in [0.05, 0.1) is 24.4 Å². The van der Waals surface area contributed by atoms with Crippen LogP contribution in [0.5, 0.6) is 5.75 Å². The standard InChI is InChI=1S/C10H14O6S2/c1-8-3-4-9(15-2)7-10(8)18(13,14)6-5-16-17(11)12/h3-4,7H,5-6H2,1-2H3,(H,11,12). The molecule has 0 radical (unpaired) electrons. The topological polar surface area (TPSA) is 89.9 Å². The summed E-state index contributed by atoms with van der Waals surface area (Å²) in [6, 6.07) is 4.71. The van der Waals surface area contributed by atoms with Gasteiger partial charge >= 0.3 is 11.4 Å². The Morgan fingerprint density at radius 1 is 1.39 bits per heavy atom. The van der Waals surface area contributed by atoms with Crippen molar-refractivity contribution >= 4 is 21.2 Å². The Kier molecular flexibility index (Phi) is 5.27. The molecule has 0 saturated heterocycles. The van der Waals surface area contributed by atoms with Crippen molar-refractivity contribution in [3.8, 4) is 5.75 Å². The van der Waals surface area contributed by atoms with Crippen molar-refractivity contribution in [2.24, 2.45) is 0 Å². The lowest BCUT2D eigenvalue weighted by Gasteiger charge is -2.09. The molecule has 8 heteroatoms. The minimum Gasteiger partial charge on any atom is -0.497 e. The molecule has 0 aliphatic rings. The average Bonchev–Trinajstić information content (AvgIpc) is 2.28. The molecule has 0 heterocycles. The summed E-state index contributed by atoms with van der Waals surface area (Å²) in [5.74, 6) is 0.0682. The lowest BCUT2D eigenvalue weighted by atomic mass is 10.2. The number of methoxy groups -OCH3 is 1. The molecule has 18 heavy (non-hydrogen) atoms. The van der Waals surface area contributed by atoms with E-state index in [0.717, 1.165) is 0 Å². The van der Waals surface area contributed by atoms with Crippen LogP contribution in [0.15, 0.2) is 23.1 Å². The molecule has 1 N–H and O–H groups in total. The predicted molar refractivity (Wildman–Crippen MR) is 66.5 cm³/mol. The van der Waals surface area contributed by atoms with Gasteiger partial charge in [-0.25, -0.2) is 8.42 Å². The Balaban J connectivity index is 2.93. The van der Waals surface area contributed by atoms with E-state index < -0.39 is 21.2 Å². The highest BCUT2D eigenvalue weighted by molar-refractivity contribution is 7.91. The first kappa shape index (κ1) is 15.1. The second-order valence-corrected chi connectivity index (χ2v) is 6.24. The van der Waals surface area contributed by atoms with E-state index in [2.05, 4.69) is 4.18 Å². The maximum atomic E-state index is 12.0. The highest BCUT2D eigenvalue weighted by Gasteiger charge is 2.18. The van der Waals surface area contributed by atoms with Crippen LogP contribution in [-0.4, -0.2) is 36.6 Å². The van der Waals surface area contributed by atoms with Gasteiger partial charge in [-0.15, -0.1) is 0 Å². The summed E-state index contributed by atoms with van der Waals surface area (Å²) in [6.45, 7) is 1.32. The van der Waals surface area contributed by atoms with Gasteiger partial charge in [-0.05, 0) is 24.6 Å². The predicted octanol–water partition coefficient (Wildman–Crippen LogP) is 0.931. The van der Waals surface area contributed by atoms with Gasteiger partial charge in [0.25, 0.3) is 0 Å². The largest absolute Gasteiger partial charge is 0.497 e. The summed E-state index contributed by atoms with van der Waals surface area (Å²) in [5.41, 5.74) is 0.584.